The van der Waals surface area contributed by atoms with Crippen LogP contribution in [0.2, 0.25) is 5.02 Å². The number of pyridine rings is 1. The molecule has 0 aliphatic carbocycles. The molecule has 2 nitrogen and oxygen atoms in total. The number of nitrogens with one attached hydrogen (secondary N) is 1. The van der Waals surface area contributed by atoms with E-state index < -0.39 is 17.5 Å². The van der Waals surface area contributed by atoms with Crippen molar-refractivity contribution < 1.29 is 8.78 Å². The highest BCUT2D eigenvalue weighted by molar-refractivity contribution is 6.31. The average Bonchev–Trinajstić information content (AvgIpc) is 2.16. The quantitative estimate of drug-likeness (QED) is 0.801. The van der Waals surface area contributed by atoms with Gasteiger partial charge in [0, 0.05) is 16.5 Å². The zero-order valence-electron chi connectivity index (χ0n) is 7.43. The van der Waals surface area contributed by atoms with Gasteiger partial charge in [-0.2, -0.15) is 0 Å². The Hall–Kier alpha value is -1.42. The number of fused-ring (bicyclic) bond motifs is 1. The number of aromatic amines is 1. The summed E-state index contributed by atoms with van der Waals surface area (Å²) in [4.78, 5) is 13.9. The molecular weight excluding hydrogens is 224 g/mol. The molecule has 1 aromatic carbocycles. The lowest BCUT2D eigenvalue weighted by Gasteiger charge is -2.03. The van der Waals surface area contributed by atoms with Gasteiger partial charge < -0.3 is 4.98 Å². The van der Waals surface area contributed by atoms with Crippen LogP contribution >= 0.6 is 11.6 Å². The predicted molar refractivity (Wildman–Crippen MR) is 54.5 cm³/mol. The lowest BCUT2D eigenvalue weighted by atomic mass is 10.2. The molecule has 1 N–H and O–H groups in total. The molecule has 78 valence electrons. The van der Waals surface area contributed by atoms with Gasteiger partial charge in [-0.3, -0.25) is 4.79 Å². The molecule has 0 spiro atoms. The number of aromatic nitrogens is 1. The molecule has 1 heterocycles. The van der Waals surface area contributed by atoms with Crippen LogP contribution in [0.25, 0.3) is 10.9 Å². The number of H-pyrrole nitrogens is 1. The van der Waals surface area contributed by atoms with Gasteiger partial charge in [-0.05, 0) is 18.2 Å². The van der Waals surface area contributed by atoms with E-state index in [9.17, 15) is 13.6 Å². The number of alkyl halides is 2. The van der Waals surface area contributed by atoms with Crippen LogP contribution < -0.4 is 5.43 Å². The first-order valence-electron chi connectivity index (χ1n) is 4.18. The van der Waals surface area contributed by atoms with E-state index in [0.717, 1.165) is 6.07 Å². The molecule has 0 fully saturated rings. The van der Waals surface area contributed by atoms with Crippen LogP contribution in [0.5, 0.6) is 0 Å². The number of hydrogen-bond donors (Lipinski definition) is 1. The van der Waals surface area contributed by atoms with Gasteiger partial charge in [0.25, 0.3) is 6.43 Å². The van der Waals surface area contributed by atoms with Crippen LogP contribution in [-0.4, -0.2) is 4.98 Å². The van der Waals surface area contributed by atoms with Crippen LogP contribution in [0, 0.1) is 0 Å². The van der Waals surface area contributed by atoms with E-state index in [1.807, 2.05) is 0 Å². The van der Waals surface area contributed by atoms with Gasteiger partial charge in [-0.1, -0.05) is 11.6 Å². The first-order chi connectivity index (χ1) is 7.08. The largest absolute Gasteiger partial charge is 0.353 e. The van der Waals surface area contributed by atoms with Crippen molar-refractivity contribution in [1.29, 1.82) is 0 Å². The van der Waals surface area contributed by atoms with Crippen molar-refractivity contribution in [3.05, 3.63) is 45.2 Å². The Morgan fingerprint density at radius 1 is 1.27 bits per heavy atom. The van der Waals surface area contributed by atoms with Crippen LogP contribution in [0.15, 0.2) is 29.1 Å². The first kappa shape index (κ1) is 10.1. The van der Waals surface area contributed by atoms with Crippen molar-refractivity contribution in [3.8, 4) is 0 Å². The first-order valence-corrected chi connectivity index (χ1v) is 4.56. The Morgan fingerprint density at radius 2 is 2.00 bits per heavy atom. The van der Waals surface area contributed by atoms with Gasteiger partial charge in [0.15, 0.2) is 5.43 Å². The predicted octanol–water partition coefficient (Wildman–Crippen LogP) is 3.12. The second-order valence-electron chi connectivity index (χ2n) is 3.08. The minimum Gasteiger partial charge on any atom is -0.353 e. The third kappa shape index (κ3) is 1.85. The van der Waals surface area contributed by atoms with Crippen molar-refractivity contribution in [2.24, 2.45) is 0 Å². The summed E-state index contributed by atoms with van der Waals surface area (Å²) in [5, 5.41) is 0.744. The van der Waals surface area contributed by atoms with Crippen molar-refractivity contribution >= 4 is 22.5 Å². The van der Waals surface area contributed by atoms with Crippen molar-refractivity contribution in [1.82, 2.24) is 4.98 Å². The number of halogens is 3. The second-order valence-corrected chi connectivity index (χ2v) is 3.52. The summed E-state index contributed by atoms with van der Waals surface area (Å²) >= 11 is 5.69. The third-order valence-corrected chi connectivity index (χ3v) is 2.28. The summed E-state index contributed by atoms with van der Waals surface area (Å²) in [6.07, 6.45) is -2.69. The molecule has 0 unspecified atom stereocenters. The molecule has 2 aromatic rings. The number of benzene rings is 1. The molecule has 15 heavy (non-hydrogen) atoms. The summed E-state index contributed by atoms with van der Waals surface area (Å²) < 4.78 is 24.7. The monoisotopic (exact) mass is 229 g/mol. The summed E-state index contributed by atoms with van der Waals surface area (Å²) in [5.41, 5.74) is -0.504. The number of rotatable bonds is 1. The fourth-order valence-corrected chi connectivity index (χ4v) is 1.53. The molecule has 0 atom stereocenters. The van der Waals surface area contributed by atoms with Crippen LogP contribution in [0.3, 0.4) is 0 Å². The smallest absolute Gasteiger partial charge is 0.278 e. The zero-order valence-corrected chi connectivity index (χ0v) is 8.18. The third-order valence-electron chi connectivity index (χ3n) is 2.05. The standard InChI is InChI=1S/C10H6ClF2NO/c11-5-1-2-6-7(3-5)14-8(10(12)13)4-9(6)15/h1-4,10H,(H,14,15). The molecule has 0 saturated carbocycles. The van der Waals surface area contributed by atoms with Crippen LogP contribution in [0.4, 0.5) is 8.78 Å². The molecule has 0 aliphatic heterocycles. The molecule has 0 aliphatic rings. The summed E-state index contributed by atoms with van der Waals surface area (Å²) in [5.74, 6) is 0. The zero-order chi connectivity index (χ0) is 11.0. The highest BCUT2D eigenvalue weighted by Crippen LogP contribution is 2.19. The van der Waals surface area contributed by atoms with Crippen LogP contribution in [-0.2, 0) is 0 Å². The maximum absolute atomic E-state index is 12.4. The van der Waals surface area contributed by atoms with E-state index in [2.05, 4.69) is 4.98 Å². The summed E-state index contributed by atoms with van der Waals surface area (Å²) in [6.45, 7) is 0. The van der Waals surface area contributed by atoms with Gasteiger partial charge in [-0.15, -0.1) is 0 Å². The minimum atomic E-state index is -2.69. The summed E-state index contributed by atoms with van der Waals surface area (Å²) in [6, 6.07) is 5.40. The van der Waals surface area contributed by atoms with Gasteiger partial charge in [0.1, 0.15) is 0 Å². The van der Waals surface area contributed by atoms with E-state index in [4.69, 9.17) is 11.6 Å². The fraction of sp³-hybridized carbons (Fsp3) is 0.100. The van der Waals surface area contributed by atoms with Crippen LogP contribution in [0.1, 0.15) is 12.1 Å². The molecule has 0 saturated heterocycles. The van der Waals surface area contributed by atoms with E-state index in [0.29, 0.717) is 15.9 Å². The lowest BCUT2D eigenvalue weighted by Crippen LogP contribution is -2.05. The Bertz CT molecular complexity index is 565. The molecule has 0 radical (unpaired) electrons. The van der Waals surface area contributed by atoms with Gasteiger partial charge in [-0.25, -0.2) is 8.78 Å². The van der Waals surface area contributed by atoms with Crippen molar-refractivity contribution in [2.45, 2.75) is 6.43 Å². The van der Waals surface area contributed by atoms with E-state index in [1.54, 1.807) is 6.07 Å². The summed E-state index contributed by atoms with van der Waals surface area (Å²) in [7, 11) is 0. The topological polar surface area (TPSA) is 32.9 Å². The Morgan fingerprint density at radius 3 is 2.67 bits per heavy atom. The van der Waals surface area contributed by atoms with Crippen molar-refractivity contribution in [2.75, 3.05) is 0 Å². The molecule has 5 heteroatoms. The molecule has 1 aromatic heterocycles. The maximum Gasteiger partial charge on any atom is 0.278 e. The maximum atomic E-state index is 12.4. The Kier molecular flexibility index (Phi) is 2.44. The minimum absolute atomic E-state index is 0.324. The van der Waals surface area contributed by atoms with E-state index in [-0.39, 0.29) is 0 Å². The molecule has 0 bridgehead atoms. The van der Waals surface area contributed by atoms with Gasteiger partial charge in [0.2, 0.25) is 0 Å². The fourth-order valence-electron chi connectivity index (χ4n) is 1.36. The molecular formula is C10H6ClF2NO. The van der Waals surface area contributed by atoms with Crippen molar-refractivity contribution in [3.63, 3.8) is 0 Å². The normalized spacial score (nSPS) is 11.2. The molecule has 2 rings (SSSR count). The number of hydrogen-bond acceptors (Lipinski definition) is 1. The Balaban J connectivity index is 2.80. The van der Waals surface area contributed by atoms with E-state index in [1.165, 1.54) is 12.1 Å². The SMILES string of the molecule is O=c1cc(C(F)F)[nH]c2cc(Cl)ccc12. The van der Waals surface area contributed by atoms with Gasteiger partial charge >= 0.3 is 0 Å². The highest BCUT2D eigenvalue weighted by atomic mass is 35.5. The van der Waals surface area contributed by atoms with E-state index >= 15 is 0 Å². The Labute approximate surface area is 88.5 Å². The average molecular weight is 230 g/mol. The lowest BCUT2D eigenvalue weighted by molar-refractivity contribution is 0.146. The molecule has 0 amide bonds. The second kappa shape index (κ2) is 3.62. The van der Waals surface area contributed by atoms with Gasteiger partial charge in [0.05, 0.1) is 11.2 Å². The highest BCUT2D eigenvalue weighted by Gasteiger charge is 2.10.